The second kappa shape index (κ2) is 5.03. The van der Waals surface area contributed by atoms with E-state index in [2.05, 4.69) is 15.5 Å². The molecule has 0 spiro atoms. The van der Waals surface area contributed by atoms with E-state index in [9.17, 15) is 0 Å². The fourth-order valence-electron chi connectivity index (χ4n) is 0.662. The SMILES string of the molecule is COCCCNc1nncs1. The van der Waals surface area contributed by atoms with Gasteiger partial charge in [0.15, 0.2) is 0 Å². The van der Waals surface area contributed by atoms with E-state index >= 15 is 0 Å². The molecule has 5 heteroatoms. The van der Waals surface area contributed by atoms with Crippen LogP contribution in [-0.2, 0) is 4.74 Å². The molecular formula is C6H11N3OS. The predicted octanol–water partition coefficient (Wildman–Crippen LogP) is 0.986. The summed E-state index contributed by atoms with van der Waals surface area (Å²) in [6.07, 6.45) is 0.996. The van der Waals surface area contributed by atoms with Crippen LogP contribution in [0.3, 0.4) is 0 Å². The second-order valence-electron chi connectivity index (χ2n) is 2.02. The van der Waals surface area contributed by atoms with Crippen molar-refractivity contribution in [3.63, 3.8) is 0 Å². The number of anilines is 1. The van der Waals surface area contributed by atoms with Crippen LogP contribution in [-0.4, -0.2) is 30.5 Å². The second-order valence-corrected chi connectivity index (χ2v) is 2.85. The Hall–Kier alpha value is -0.680. The first kappa shape index (κ1) is 8.42. The zero-order valence-electron chi connectivity index (χ0n) is 6.41. The number of nitrogens with zero attached hydrogens (tertiary/aromatic N) is 2. The monoisotopic (exact) mass is 173 g/mol. The minimum Gasteiger partial charge on any atom is -0.385 e. The van der Waals surface area contributed by atoms with Gasteiger partial charge in [-0.3, -0.25) is 0 Å². The molecule has 1 heterocycles. The molecule has 0 amide bonds. The van der Waals surface area contributed by atoms with Crippen molar-refractivity contribution in [2.75, 3.05) is 25.6 Å². The summed E-state index contributed by atoms with van der Waals surface area (Å²) in [5.74, 6) is 0. The van der Waals surface area contributed by atoms with Gasteiger partial charge in [-0.25, -0.2) is 0 Å². The van der Waals surface area contributed by atoms with Gasteiger partial charge in [0.25, 0.3) is 0 Å². The first-order valence-corrected chi connectivity index (χ1v) is 4.30. The maximum Gasteiger partial charge on any atom is 0.205 e. The molecule has 4 nitrogen and oxygen atoms in total. The maximum atomic E-state index is 4.89. The lowest BCUT2D eigenvalue weighted by atomic mass is 10.4. The molecule has 0 bridgehead atoms. The molecule has 0 saturated heterocycles. The lowest BCUT2D eigenvalue weighted by molar-refractivity contribution is 0.198. The Kier molecular flexibility index (Phi) is 3.85. The van der Waals surface area contributed by atoms with Crippen LogP contribution in [0.25, 0.3) is 0 Å². The van der Waals surface area contributed by atoms with Crippen LogP contribution in [0.5, 0.6) is 0 Å². The molecule has 0 aliphatic heterocycles. The first-order valence-electron chi connectivity index (χ1n) is 3.42. The quantitative estimate of drug-likeness (QED) is 0.674. The lowest BCUT2D eigenvalue weighted by Crippen LogP contribution is -2.04. The van der Waals surface area contributed by atoms with Gasteiger partial charge in [0.1, 0.15) is 5.51 Å². The lowest BCUT2D eigenvalue weighted by Gasteiger charge is -1.99. The number of aromatic nitrogens is 2. The van der Waals surface area contributed by atoms with E-state index in [4.69, 9.17) is 4.74 Å². The van der Waals surface area contributed by atoms with Crippen LogP contribution >= 0.6 is 11.3 Å². The van der Waals surface area contributed by atoms with Crippen LogP contribution in [0.15, 0.2) is 5.51 Å². The Morgan fingerprint density at radius 3 is 3.27 bits per heavy atom. The first-order chi connectivity index (χ1) is 5.43. The Morgan fingerprint density at radius 2 is 2.64 bits per heavy atom. The van der Waals surface area contributed by atoms with Crippen LogP contribution in [0.2, 0.25) is 0 Å². The zero-order chi connectivity index (χ0) is 7.94. The molecule has 0 atom stereocenters. The summed E-state index contributed by atoms with van der Waals surface area (Å²) in [4.78, 5) is 0. The van der Waals surface area contributed by atoms with Gasteiger partial charge in [-0.1, -0.05) is 11.3 Å². The number of ether oxygens (including phenoxy) is 1. The highest BCUT2D eigenvalue weighted by molar-refractivity contribution is 7.13. The summed E-state index contributed by atoms with van der Waals surface area (Å²) in [5.41, 5.74) is 1.71. The Balaban J connectivity index is 2.04. The van der Waals surface area contributed by atoms with Crippen LogP contribution < -0.4 is 5.32 Å². The van der Waals surface area contributed by atoms with Crippen LogP contribution in [0.4, 0.5) is 5.13 Å². The average molecular weight is 173 g/mol. The van der Waals surface area contributed by atoms with Gasteiger partial charge in [0.05, 0.1) is 0 Å². The fourth-order valence-corrected chi connectivity index (χ4v) is 1.14. The molecule has 0 aromatic carbocycles. The number of methoxy groups -OCH3 is 1. The van der Waals surface area contributed by atoms with Crippen molar-refractivity contribution in [2.45, 2.75) is 6.42 Å². The topological polar surface area (TPSA) is 47.0 Å². The van der Waals surface area contributed by atoms with E-state index in [-0.39, 0.29) is 0 Å². The van der Waals surface area contributed by atoms with Crippen molar-refractivity contribution < 1.29 is 4.74 Å². The van der Waals surface area contributed by atoms with E-state index in [1.807, 2.05) is 0 Å². The minimum atomic E-state index is 0.784. The van der Waals surface area contributed by atoms with Crippen molar-refractivity contribution in [1.82, 2.24) is 10.2 Å². The third kappa shape index (κ3) is 3.29. The maximum absolute atomic E-state index is 4.89. The summed E-state index contributed by atoms with van der Waals surface area (Å²) in [7, 11) is 1.70. The van der Waals surface area contributed by atoms with Gasteiger partial charge in [0.2, 0.25) is 5.13 Å². The smallest absolute Gasteiger partial charge is 0.205 e. The number of hydrogen-bond acceptors (Lipinski definition) is 5. The molecule has 11 heavy (non-hydrogen) atoms. The molecule has 62 valence electrons. The Labute approximate surface area is 69.6 Å². The summed E-state index contributed by atoms with van der Waals surface area (Å²) < 4.78 is 4.89. The normalized spacial score (nSPS) is 9.91. The number of rotatable bonds is 5. The largest absolute Gasteiger partial charge is 0.385 e. The molecule has 1 rings (SSSR count). The minimum absolute atomic E-state index is 0.784. The van der Waals surface area contributed by atoms with Crippen LogP contribution in [0.1, 0.15) is 6.42 Å². The molecule has 0 saturated carbocycles. The van der Waals surface area contributed by atoms with E-state index in [0.29, 0.717) is 0 Å². The third-order valence-electron chi connectivity index (χ3n) is 1.16. The summed E-state index contributed by atoms with van der Waals surface area (Å²) in [6, 6.07) is 0. The molecule has 0 fully saturated rings. The van der Waals surface area contributed by atoms with Crippen molar-refractivity contribution in [1.29, 1.82) is 0 Å². The van der Waals surface area contributed by atoms with Gasteiger partial charge >= 0.3 is 0 Å². The highest BCUT2D eigenvalue weighted by Gasteiger charge is 1.92. The molecular weight excluding hydrogens is 162 g/mol. The molecule has 0 aliphatic carbocycles. The van der Waals surface area contributed by atoms with E-state index in [1.54, 1.807) is 12.6 Å². The van der Waals surface area contributed by atoms with Gasteiger partial charge < -0.3 is 10.1 Å². The highest BCUT2D eigenvalue weighted by atomic mass is 32.1. The standard InChI is InChI=1S/C6H11N3OS/c1-10-4-2-3-7-6-9-8-5-11-6/h5H,2-4H2,1H3,(H,7,9). The summed E-state index contributed by atoms with van der Waals surface area (Å²) in [5, 5.41) is 11.5. The summed E-state index contributed by atoms with van der Waals surface area (Å²) >= 11 is 1.51. The van der Waals surface area contributed by atoms with Gasteiger partial charge in [-0.05, 0) is 6.42 Å². The molecule has 1 N–H and O–H groups in total. The van der Waals surface area contributed by atoms with Gasteiger partial charge in [-0.15, -0.1) is 10.2 Å². The van der Waals surface area contributed by atoms with Crippen LogP contribution in [0, 0.1) is 0 Å². The van der Waals surface area contributed by atoms with Crippen molar-refractivity contribution in [3.8, 4) is 0 Å². The molecule has 0 radical (unpaired) electrons. The Morgan fingerprint density at radius 1 is 1.73 bits per heavy atom. The van der Waals surface area contributed by atoms with E-state index in [1.165, 1.54) is 11.3 Å². The number of nitrogens with one attached hydrogen (secondary N) is 1. The number of hydrogen-bond donors (Lipinski definition) is 1. The molecule has 1 aromatic heterocycles. The zero-order valence-corrected chi connectivity index (χ0v) is 7.23. The van der Waals surface area contributed by atoms with E-state index < -0.39 is 0 Å². The highest BCUT2D eigenvalue weighted by Crippen LogP contribution is 2.06. The van der Waals surface area contributed by atoms with Crippen molar-refractivity contribution >= 4 is 16.5 Å². The third-order valence-corrected chi connectivity index (χ3v) is 1.81. The van der Waals surface area contributed by atoms with Gasteiger partial charge in [-0.2, -0.15) is 0 Å². The average Bonchev–Trinajstić information content (AvgIpc) is 2.50. The van der Waals surface area contributed by atoms with Gasteiger partial charge in [0, 0.05) is 20.3 Å². The fraction of sp³-hybridized carbons (Fsp3) is 0.667. The predicted molar refractivity (Wildman–Crippen MR) is 44.9 cm³/mol. The Bertz CT molecular complexity index is 178. The van der Waals surface area contributed by atoms with E-state index in [0.717, 1.165) is 24.7 Å². The summed E-state index contributed by atoms with van der Waals surface area (Å²) in [6.45, 7) is 1.68. The van der Waals surface area contributed by atoms with Crippen molar-refractivity contribution in [3.05, 3.63) is 5.51 Å². The molecule has 0 unspecified atom stereocenters. The molecule has 0 aliphatic rings. The molecule has 1 aromatic rings. The van der Waals surface area contributed by atoms with Crippen molar-refractivity contribution in [2.24, 2.45) is 0 Å².